The number of nitrogens with zero attached hydrogens (tertiary/aromatic N) is 1. The molecule has 1 aromatic heterocycles. The zero-order valence-corrected chi connectivity index (χ0v) is 11.4. The molecule has 3 rings (SSSR count). The van der Waals surface area contributed by atoms with Gasteiger partial charge in [0, 0.05) is 6.54 Å². The molecule has 4 heteroatoms. The Hall–Kier alpha value is -2.33. The summed E-state index contributed by atoms with van der Waals surface area (Å²) in [6.07, 6.45) is 0. The lowest BCUT2D eigenvalue weighted by atomic mass is 10.2. The Labute approximate surface area is 117 Å². The van der Waals surface area contributed by atoms with E-state index in [9.17, 15) is 0 Å². The van der Waals surface area contributed by atoms with Crippen LogP contribution in [0.2, 0.25) is 0 Å². The second kappa shape index (κ2) is 5.35. The van der Waals surface area contributed by atoms with Gasteiger partial charge in [-0.15, -0.1) is 0 Å². The number of nitrogens with one attached hydrogen (secondary N) is 1. The third-order valence-electron chi connectivity index (χ3n) is 3.26. The van der Waals surface area contributed by atoms with Crippen LogP contribution in [-0.2, 0) is 6.54 Å². The molecule has 0 saturated carbocycles. The number of aromatic amines is 1. The first-order chi connectivity index (χ1) is 9.83. The quantitative estimate of drug-likeness (QED) is 0.763. The number of rotatable bonds is 4. The maximum atomic E-state index is 5.76. The van der Waals surface area contributed by atoms with Crippen molar-refractivity contribution in [2.24, 2.45) is 5.73 Å². The lowest BCUT2D eigenvalue weighted by Crippen LogP contribution is -1.96. The van der Waals surface area contributed by atoms with Crippen molar-refractivity contribution < 1.29 is 4.74 Å². The van der Waals surface area contributed by atoms with Gasteiger partial charge < -0.3 is 15.5 Å². The zero-order valence-electron chi connectivity index (χ0n) is 11.4. The minimum Gasteiger partial charge on any atom is -0.493 e. The third kappa shape index (κ3) is 2.14. The molecule has 1 heterocycles. The van der Waals surface area contributed by atoms with Crippen LogP contribution in [0.25, 0.3) is 22.4 Å². The van der Waals surface area contributed by atoms with Crippen LogP contribution in [0.4, 0.5) is 0 Å². The van der Waals surface area contributed by atoms with E-state index in [0.29, 0.717) is 13.2 Å². The SMILES string of the molecule is CCOc1ccccc1-c1nc2c(CN)cccc2[nH]1. The highest BCUT2D eigenvalue weighted by Crippen LogP contribution is 2.30. The average molecular weight is 267 g/mol. The summed E-state index contributed by atoms with van der Waals surface area (Å²) < 4.78 is 5.66. The monoisotopic (exact) mass is 267 g/mol. The molecule has 0 spiro atoms. The first-order valence-electron chi connectivity index (χ1n) is 6.73. The second-order valence-corrected chi connectivity index (χ2v) is 4.53. The maximum Gasteiger partial charge on any atom is 0.142 e. The van der Waals surface area contributed by atoms with Crippen LogP contribution in [0.1, 0.15) is 12.5 Å². The number of H-pyrrole nitrogens is 1. The van der Waals surface area contributed by atoms with Crippen molar-refractivity contribution in [1.29, 1.82) is 0 Å². The highest BCUT2D eigenvalue weighted by Gasteiger charge is 2.11. The van der Waals surface area contributed by atoms with Gasteiger partial charge in [0.05, 0.1) is 23.2 Å². The fourth-order valence-corrected chi connectivity index (χ4v) is 2.33. The van der Waals surface area contributed by atoms with Crippen molar-refractivity contribution in [3.8, 4) is 17.1 Å². The van der Waals surface area contributed by atoms with Crippen molar-refractivity contribution in [1.82, 2.24) is 9.97 Å². The van der Waals surface area contributed by atoms with Crippen LogP contribution >= 0.6 is 0 Å². The fourth-order valence-electron chi connectivity index (χ4n) is 2.33. The van der Waals surface area contributed by atoms with Gasteiger partial charge in [0.15, 0.2) is 0 Å². The van der Waals surface area contributed by atoms with E-state index < -0.39 is 0 Å². The molecular formula is C16H17N3O. The molecule has 3 N–H and O–H groups in total. The molecule has 2 aromatic carbocycles. The van der Waals surface area contributed by atoms with Crippen molar-refractivity contribution in [2.45, 2.75) is 13.5 Å². The minimum atomic E-state index is 0.481. The Kier molecular flexibility index (Phi) is 3.39. The minimum absolute atomic E-state index is 0.481. The summed E-state index contributed by atoms with van der Waals surface area (Å²) in [7, 11) is 0. The lowest BCUT2D eigenvalue weighted by molar-refractivity contribution is 0.341. The first-order valence-corrected chi connectivity index (χ1v) is 6.73. The molecule has 0 aliphatic carbocycles. The summed E-state index contributed by atoms with van der Waals surface area (Å²) >= 11 is 0. The number of ether oxygens (including phenoxy) is 1. The summed E-state index contributed by atoms with van der Waals surface area (Å²) in [6, 6.07) is 13.9. The van der Waals surface area contributed by atoms with Gasteiger partial charge in [-0.1, -0.05) is 24.3 Å². The highest BCUT2D eigenvalue weighted by atomic mass is 16.5. The van der Waals surface area contributed by atoms with Gasteiger partial charge in [-0.2, -0.15) is 0 Å². The Bertz CT molecular complexity index is 733. The summed E-state index contributed by atoms with van der Waals surface area (Å²) in [5.41, 5.74) is 9.69. The van der Waals surface area contributed by atoms with E-state index in [1.54, 1.807) is 0 Å². The smallest absolute Gasteiger partial charge is 0.142 e. The molecule has 0 aliphatic heterocycles. The first kappa shape index (κ1) is 12.7. The lowest BCUT2D eigenvalue weighted by Gasteiger charge is -2.07. The molecule has 0 bridgehead atoms. The molecule has 102 valence electrons. The van der Waals surface area contributed by atoms with E-state index in [-0.39, 0.29) is 0 Å². The number of hydrogen-bond donors (Lipinski definition) is 2. The van der Waals surface area contributed by atoms with Crippen LogP contribution in [0.3, 0.4) is 0 Å². The fraction of sp³-hybridized carbons (Fsp3) is 0.188. The van der Waals surface area contributed by atoms with Gasteiger partial charge in [-0.05, 0) is 30.7 Å². The van der Waals surface area contributed by atoms with Gasteiger partial charge in [0.1, 0.15) is 11.6 Å². The van der Waals surface area contributed by atoms with Crippen LogP contribution in [0, 0.1) is 0 Å². The molecule has 4 nitrogen and oxygen atoms in total. The summed E-state index contributed by atoms with van der Waals surface area (Å²) in [5.74, 6) is 1.65. The van der Waals surface area contributed by atoms with Crippen molar-refractivity contribution in [3.05, 3.63) is 48.0 Å². The normalized spacial score (nSPS) is 10.9. The predicted molar refractivity (Wildman–Crippen MR) is 80.6 cm³/mol. The summed E-state index contributed by atoms with van der Waals surface area (Å²) in [4.78, 5) is 8.02. The Morgan fingerprint density at radius 3 is 2.80 bits per heavy atom. The van der Waals surface area contributed by atoms with E-state index in [2.05, 4.69) is 9.97 Å². The van der Waals surface area contributed by atoms with Crippen LogP contribution in [0.5, 0.6) is 5.75 Å². The standard InChI is InChI=1S/C16H17N3O/c1-2-20-14-9-4-3-7-12(14)16-18-13-8-5-6-11(10-17)15(13)19-16/h3-9H,2,10,17H2,1H3,(H,18,19). The van der Waals surface area contributed by atoms with Gasteiger partial charge in [-0.25, -0.2) is 4.98 Å². The largest absolute Gasteiger partial charge is 0.493 e. The number of nitrogens with two attached hydrogens (primary N) is 1. The molecule has 0 radical (unpaired) electrons. The number of para-hydroxylation sites is 2. The number of aromatic nitrogens is 2. The van der Waals surface area contributed by atoms with Crippen molar-refractivity contribution in [2.75, 3.05) is 6.61 Å². The van der Waals surface area contributed by atoms with Crippen molar-refractivity contribution >= 4 is 11.0 Å². The Balaban J connectivity index is 2.15. The predicted octanol–water partition coefficient (Wildman–Crippen LogP) is 3.09. The summed E-state index contributed by atoms with van der Waals surface area (Å²) in [6.45, 7) is 3.09. The molecule has 0 amide bonds. The number of benzene rings is 2. The van der Waals surface area contributed by atoms with Crippen molar-refractivity contribution in [3.63, 3.8) is 0 Å². The molecule has 0 atom stereocenters. The second-order valence-electron chi connectivity index (χ2n) is 4.53. The maximum absolute atomic E-state index is 5.76. The van der Waals surface area contributed by atoms with E-state index in [1.165, 1.54) is 0 Å². The van der Waals surface area contributed by atoms with Gasteiger partial charge in [-0.3, -0.25) is 0 Å². The van der Waals surface area contributed by atoms with Gasteiger partial charge in [0.25, 0.3) is 0 Å². The number of imidazole rings is 1. The Morgan fingerprint density at radius 1 is 1.15 bits per heavy atom. The molecule has 0 saturated heterocycles. The van der Waals surface area contributed by atoms with Gasteiger partial charge >= 0.3 is 0 Å². The van der Waals surface area contributed by atoms with E-state index in [0.717, 1.165) is 33.7 Å². The summed E-state index contributed by atoms with van der Waals surface area (Å²) in [5, 5.41) is 0. The number of hydrogen-bond acceptors (Lipinski definition) is 3. The number of fused-ring (bicyclic) bond motifs is 1. The van der Waals surface area contributed by atoms with Gasteiger partial charge in [0.2, 0.25) is 0 Å². The van der Waals surface area contributed by atoms with Crippen LogP contribution in [-0.4, -0.2) is 16.6 Å². The molecular weight excluding hydrogens is 250 g/mol. The molecule has 0 aliphatic rings. The van der Waals surface area contributed by atoms with E-state index in [1.807, 2.05) is 49.4 Å². The Morgan fingerprint density at radius 2 is 2.00 bits per heavy atom. The molecule has 0 unspecified atom stereocenters. The molecule has 0 fully saturated rings. The average Bonchev–Trinajstić information content (AvgIpc) is 2.92. The van der Waals surface area contributed by atoms with Crippen LogP contribution in [0.15, 0.2) is 42.5 Å². The van der Waals surface area contributed by atoms with Crippen LogP contribution < -0.4 is 10.5 Å². The third-order valence-corrected chi connectivity index (χ3v) is 3.26. The highest BCUT2D eigenvalue weighted by molar-refractivity contribution is 5.83. The molecule has 20 heavy (non-hydrogen) atoms. The zero-order chi connectivity index (χ0) is 13.9. The van der Waals surface area contributed by atoms with E-state index >= 15 is 0 Å². The molecule has 3 aromatic rings. The van der Waals surface area contributed by atoms with E-state index in [4.69, 9.17) is 10.5 Å². The topological polar surface area (TPSA) is 63.9 Å².